The van der Waals surface area contributed by atoms with Gasteiger partial charge in [0.15, 0.2) is 11.5 Å². The van der Waals surface area contributed by atoms with Crippen LogP contribution in [0.3, 0.4) is 0 Å². The van der Waals surface area contributed by atoms with E-state index < -0.39 is 0 Å². The van der Waals surface area contributed by atoms with Crippen molar-refractivity contribution in [2.45, 2.75) is 13.3 Å². The summed E-state index contributed by atoms with van der Waals surface area (Å²) in [5, 5.41) is 17.7. The highest BCUT2D eigenvalue weighted by molar-refractivity contribution is 5.22. The van der Waals surface area contributed by atoms with Gasteiger partial charge in [-0.15, -0.1) is 0 Å². The van der Waals surface area contributed by atoms with Crippen LogP contribution in [0.1, 0.15) is 13.3 Å². The van der Waals surface area contributed by atoms with Gasteiger partial charge in [0.1, 0.15) is 0 Å². The SMILES string of the molecule is C[C@H]1C=C(O)C(O)=CC1. The molecule has 0 aromatic heterocycles. The van der Waals surface area contributed by atoms with Crippen LogP contribution in [0.25, 0.3) is 0 Å². The number of aliphatic hydroxyl groups excluding tert-OH is 2. The second kappa shape index (κ2) is 2.13. The van der Waals surface area contributed by atoms with Crippen molar-refractivity contribution < 1.29 is 10.2 Å². The van der Waals surface area contributed by atoms with Crippen LogP contribution in [0, 0.1) is 5.92 Å². The minimum absolute atomic E-state index is 0.00750. The number of hydrogen-bond donors (Lipinski definition) is 2. The molecule has 2 N–H and O–H groups in total. The van der Waals surface area contributed by atoms with Gasteiger partial charge in [0, 0.05) is 0 Å². The minimum atomic E-state index is 0.00750. The Hall–Kier alpha value is -0.920. The van der Waals surface area contributed by atoms with E-state index in [9.17, 15) is 0 Å². The van der Waals surface area contributed by atoms with Gasteiger partial charge in [-0.1, -0.05) is 6.92 Å². The molecule has 0 saturated carbocycles. The standard InChI is InChI=1S/C7H10O2/c1-5-2-3-6(8)7(9)4-5/h3-5,8-9H,2H2,1H3/t5-/m1/s1. The lowest BCUT2D eigenvalue weighted by Gasteiger charge is -2.09. The van der Waals surface area contributed by atoms with Gasteiger partial charge in [0.05, 0.1) is 0 Å². The Morgan fingerprint density at radius 3 is 2.56 bits per heavy atom. The van der Waals surface area contributed by atoms with Gasteiger partial charge in [-0.3, -0.25) is 0 Å². The van der Waals surface area contributed by atoms with Crippen molar-refractivity contribution in [3.63, 3.8) is 0 Å². The van der Waals surface area contributed by atoms with Gasteiger partial charge < -0.3 is 10.2 Å². The van der Waals surface area contributed by atoms with Crippen LogP contribution in [-0.4, -0.2) is 10.2 Å². The fraction of sp³-hybridized carbons (Fsp3) is 0.429. The van der Waals surface area contributed by atoms with Crippen molar-refractivity contribution in [1.82, 2.24) is 0 Å². The molecule has 1 aliphatic carbocycles. The highest BCUT2D eigenvalue weighted by atomic mass is 16.3. The molecular weight excluding hydrogens is 116 g/mol. The summed E-state index contributed by atoms with van der Waals surface area (Å²) in [6.07, 6.45) is 4.09. The topological polar surface area (TPSA) is 40.5 Å². The lowest BCUT2D eigenvalue weighted by atomic mass is 10.0. The van der Waals surface area contributed by atoms with Crippen molar-refractivity contribution >= 4 is 0 Å². The summed E-state index contributed by atoms with van der Waals surface area (Å²) in [6, 6.07) is 0. The van der Waals surface area contributed by atoms with E-state index in [0.29, 0.717) is 5.92 Å². The molecule has 2 heteroatoms. The van der Waals surface area contributed by atoms with E-state index in [1.807, 2.05) is 6.92 Å². The van der Waals surface area contributed by atoms with Gasteiger partial charge in [0.2, 0.25) is 0 Å². The zero-order chi connectivity index (χ0) is 6.85. The number of aliphatic hydroxyl groups is 2. The summed E-state index contributed by atoms with van der Waals surface area (Å²) in [4.78, 5) is 0. The third kappa shape index (κ3) is 1.25. The third-order valence-corrected chi connectivity index (χ3v) is 1.39. The molecule has 0 unspecified atom stereocenters. The zero-order valence-electron chi connectivity index (χ0n) is 5.33. The number of allylic oxidation sites excluding steroid dienone is 2. The molecule has 0 aromatic rings. The van der Waals surface area contributed by atoms with Crippen molar-refractivity contribution in [2.75, 3.05) is 0 Å². The van der Waals surface area contributed by atoms with Crippen LogP contribution in [0.4, 0.5) is 0 Å². The normalized spacial score (nSPS) is 27.0. The Labute approximate surface area is 54.1 Å². The first-order chi connectivity index (χ1) is 4.20. The summed E-state index contributed by atoms with van der Waals surface area (Å²) < 4.78 is 0. The van der Waals surface area contributed by atoms with Crippen molar-refractivity contribution in [3.05, 3.63) is 23.7 Å². The molecular formula is C7H10O2. The van der Waals surface area contributed by atoms with Crippen LogP contribution in [-0.2, 0) is 0 Å². The maximum Gasteiger partial charge on any atom is 0.153 e. The van der Waals surface area contributed by atoms with Crippen molar-refractivity contribution in [1.29, 1.82) is 0 Å². The van der Waals surface area contributed by atoms with Gasteiger partial charge in [-0.2, -0.15) is 0 Å². The summed E-state index contributed by atoms with van der Waals surface area (Å²) in [7, 11) is 0. The molecule has 1 aliphatic rings. The van der Waals surface area contributed by atoms with E-state index >= 15 is 0 Å². The third-order valence-electron chi connectivity index (χ3n) is 1.39. The highest BCUT2D eigenvalue weighted by Crippen LogP contribution is 2.18. The molecule has 1 rings (SSSR count). The highest BCUT2D eigenvalue weighted by Gasteiger charge is 2.08. The Kier molecular flexibility index (Phi) is 1.47. The molecule has 1 atom stereocenters. The van der Waals surface area contributed by atoms with Crippen LogP contribution >= 0.6 is 0 Å². The van der Waals surface area contributed by atoms with Crippen molar-refractivity contribution in [2.24, 2.45) is 5.92 Å². The summed E-state index contributed by atoms with van der Waals surface area (Å²) in [6.45, 7) is 1.99. The molecule has 0 heterocycles. The first-order valence-corrected chi connectivity index (χ1v) is 3.00. The van der Waals surface area contributed by atoms with Gasteiger partial charge in [-0.25, -0.2) is 0 Å². The van der Waals surface area contributed by atoms with Crippen LogP contribution in [0.5, 0.6) is 0 Å². The zero-order valence-corrected chi connectivity index (χ0v) is 5.33. The second-order valence-electron chi connectivity index (χ2n) is 2.35. The van der Waals surface area contributed by atoms with E-state index in [0.717, 1.165) is 6.42 Å². The Bertz CT molecular complexity index is 168. The molecule has 50 valence electrons. The molecule has 2 nitrogen and oxygen atoms in total. The van der Waals surface area contributed by atoms with Crippen LogP contribution in [0.15, 0.2) is 23.7 Å². The van der Waals surface area contributed by atoms with E-state index in [4.69, 9.17) is 10.2 Å². The maximum atomic E-state index is 8.89. The van der Waals surface area contributed by atoms with Crippen LogP contribution in [0.2, 0.25) is 0 Å². The lowest BCUT2D eigenvalue weighted by molar-refractivity contribution is 0.314. The lowest BCUT2D eigenvalue weighted by Crippen LogP contribution is -1.99. The summed E-state index contributed by atoms with van der Waals surface area (Å²) in [5.41, 5.74) is 0. The predicted octanol–water partition coefficient (Wildman–Crippen LogP) is 1.91. The molecule has 0 aromatic carbocycles. The van der Waals surface area contributed by atoms with Gasteiger partial charge in [-0.05, 0) is 24.5 Å². The second-order valence-corrected chi connectivity index (χ2v) is 2.35. The molecule has 0 radical (unpaired) electrons. The fourth-order valence-electron chi connectivity index (χ4n) is 0.825. The summed E-state index contributed by atoms with van der Waals surface area (Å²) in [5.74, 6) is 0.364. The van der Waals surface area contributed by atoms with Crippen molar-refractivity contribution in [3.8, 4) is 0 Å². The first-order valence-electron chi connectivity index (χ1n) is 3.00. The average Bonchev–Trinajstić information content (AvgIpc) is 1.80. The molecule has 0 saturated heterocycles. The summed E-state index contributed by atoms with van der Waals surface area (Å²) >= 11 is 0. The molecule has 0 bridgehead atoms. The number of rotatable bonds is 0. The minimum Gasteiger partial charge on any atom is -0.504 e. The predicted molar refractivity (Wildman–Crippen MR) is 35.2 cm³/mol. The van der Waals surface area contributed by atoms with E-state index in [2.05, 4.69) is 0 Å². The van der Waals surface area contributed by atoms with E-state index in [1.54, 1.807) is 12.2 Å². The average molecular weight is 126 g/mol. The smallest absolute Gasteiger partial charge is 0.153 e. The largest absolute Gasteiger partial charge is 0.504 e. The maximum absolute atomic E-state index is 8.89. The van der Waals surface area contributed by atoms with E-state index in [-0.39, 0.29) is 11.5 Å². The Balaban J connectivity index is 2.75. The first kappa shape index (κ1) is 6.20. The quantitative estimate of drug-likeness (QED) is 0.520. The molecule has 0 amide bonds. The molecule has 0 spiro atoms. The molecule has 0 fully saturated rings. The monoisotopic (exact) mass is 126 g/mol. The van der Waals surface area contributed by atoms with Gasteiger partial charge >= 0.3 is 0 Å². The molecule has 0 aliphatic heterocycles. The van der Waals surface area contributed by atoms with E-state index in [1.165, 1.54) is 0 Å². The fourth-order valence-corrected chi connectivity index (χ4v) is 0.825. The Morgan fingerprint density at radius 2 is 2.11 bits per heavy atom. The Morgan fingerprint density at radius 1 is 1.44 bits per heavy atom. The van der Waals surface area contributed by atoms with Gasteiger partial charge in [0.25, 0.3) is 0 Å². The van der Waals surface area contributed by atoms with Crippen LogP contribution < -0.4 is 0 Å². The molecule has 9 heavy (non-hydrogen) atoms. The number of hydrogen-bond acceptors (Lipinski definition) is 2.